The fourth-order valence-corrected chi connectivity index (χ4v) is 8.60. The van der Waals surface area contributed by atoms with E-state index < -0.39 is 0 Å². The predicted octanol–water partition coefficient (Wildman–Crippen LogP) is 5.58. The van der Waals surface area contributed by atoms with Crippen LogP contribution in [0, 0.1) is 27.7 Å². The second-order valence-corrected chi connectivity index (χ2v) is 13.8. The van der Waals surface area contributed by atoms with Crippen molar-refractivity contribution in [3.63, 3.8) is 0 Å². The molecule has 0 aliphatic heterocycles. The van der Waals surface area contributed by atoms with Crippen LogP contribution >= 0.6 is 45.3 Å². The fourth-order valence-electron chi connectivity index (χ4n) is 4.27. The topological polar surface area (TPSA) is 78.1 Å². The van der Waals surface area contributed by atoms with E-state index in [0.29, 0.717) is 21.5 Å². The molecule has 0 bridgehead atoms. The first-order valence-electron chi connectivity index (χ1n) is 11.0. The highest BCUT2D eigenvalue weighted by Crippen LogP contribution is 2.34. The molecule has 184 valence electrons. The molecule has 0 unspecified atom stereocenters. The Hall–Kier alpha value is -2.92. The molecule has 0 atom stereocenters. The smallest absolute Gasteiger partial charge is 0.261 e. The van der Waals surface area contributed by atoms with Gasteiger partial charge in [-0.15, -0.1) is 45.3 Å². The van der Waals surface area contributed by atoms with Gasteiger partial charge in [0, 0.05) is 33.6 Å². The first-order valence-corrected chi connectivity index (χ1v) is 14.3. The van der Waals surface area contributed by atoms with Crippen LogP contribution in [0.15, 0.2) is 43.4 Å². The van der Waals surface area contributed by atoms with Gasteiger partial charge in [-0.05, 0) is 52.0 Å². The molecule has 6 rings (SSSR count). The zero-order valence-corrected chi connectivity index (χ0v) is 23.7. The summed E-state index contributed by atoms with van der Waals surface area (Å²) in [5.74, 6) is 0. The Bertz CT molecular complexity index is 1800. The van der Waals surface area contributed by atoms with Crippen molar-refractivity contribution in [3.05, 3.63) is 85.2 Å². The normalized spacial score (nSPS) is 11.5. The summed E-state index contributed by atoms with van der Waals surface area (Å²) in [5.41, 5.74) is -0.832. The van der Waals surface area contributed by atoms with Gasteiger partial charge in [-0.3, -0.25) is 28.3 Å². The third kappa shape index (κ3) is 3.88. The van der Waals surface area contributed by atoms with Crippen molar-refractivity contribution in [3.8, 4) is 0 Å². The SMILES string of the molecule is Cc1cc2c(=O)n(C)c(=O)c3cc(C)sc3c2s1.Cc1cc2c(=O)n(C)c(=O)c3cc(C)sc3c2s1. The number of hydrogen-bond donors (Lipinski definition) is 0. The van der Waals surface area contributed by atoms with E-state index in [-0.39, 0.29) is 22.2 Å². The molecule has 0 fully saturated rings. The Morgan fingerprint density at radius 2 is 0.639 bits per heavy atom. The van der Waals surface area contributed by atoms with Crippen molar-refractivity contribution in [1.82, 2.24) is 9.13 Å². The standard InChI is InChI=1S/2C13H11NO2S2/c2*1-6-4-8-10(17-6)11-9(5-7(2)18-11)13(16)14(3)12(8)15/h2*4-5H,1-3H3. The Balaban J connectivity index is 0.000000148. The highest BCUT2D eigenvalue weighted by molar-refractivity contribution is 7.27. The maximum Gasteiger partial charge on any atom is 0.261 e. The van der Waals surface area contributed by atoms with Gasteiger partial charge >= 0.3 is 0 Å². The minimum absolute atomic E-state index is 0.208. The Kier molecular flexibility index (Phi) is 6.11. The molecule has 10 heteroatoms. The van der Waals surface area contributed by atoms with Gasteiger partial charge in [0.25, 0.3) is 22.2 Å². The lowest BCUT2D eigenvalue weighted by Gasteiger charge is -1.87. The van der Waals surface area contributed by atoms with Gasteiger partial charge in [0.15, 0.2) is 0 Å². The highest BCUT2D eigenvalue weighted by atomic mass is 32.1. The third-order valence-electron chi connectivity index (χ3n) is 5.97. The molecule has 0 amide bonds. The zero-order chi connectivity index (χ0) is 26.0. The molecule has 0 aliphatic rings. The van der Waals surface area contributed by atoms with E-state index in [1.54, 1.807) is 59.4 Å². The van der Waals surface area contributed by atoms with Gasteiger partial charge in [0.2, 0.25) is 0 Å². The molecule has 36 heavy (non-hydrogen) atoms. The molecule has 6 aromatic heterocycles. The molecular formula is C26H22N2O4S4. The lowest BCUT2D eigenvalue weighted by atomic mass is 10.3. The van der Waals surface area contributed by atoms with Crippen LogP contribution in [0.2, 0.25) is 0 Å². The van der Waals surface area contributed by atoms with Crippen molar-refractivity contribution < 1.29 is 0 Å². The van der Waals surface area contributed by atoms with E-state index in [1.165, 1.54) is 9.13 Å². The Morgan fingerprint density at radius 3 is 0.833 bits per heavy atom. The number of thiophene rings is 4. The van der Waals surface area contributed by atoms with Crippen molar-refractivity contribution in [2.45, 2.75) is 27.7 Å². The number of nitrogens with zero attached hydrogens (tertiary/aromatic N) is 2. The average Bonchev–Trinajstić information content (AvgIpc) is 3.59. The summed E-state index contributed by atoms with van der Waals surface area (Å²) >= 11 is 6.31. The second-order valence-electron chi connectivity index (χ2n) is 8.74. The number of rotatable bonds is 0. The van der Waals surface area contributed by atoms with Crippen LogP contribution in [0.3, 0.4) is 0 Å². The van der Waals surface area contributed by atoms with Crippen LogP contribution in [0.5, 0.6) is 0 Å². The maximum atomic E-state index is 12.2. The van der Waals surface area contributed by atoms with E-state index in [4.69, 9.17) is 0 Å². The molecule has 0 saturated carbocycles. The molecule has 0 N–H and O–H groups in total. The van der Waals surface area contributed by atoms with E-state index in [2.05, 4.69) is 0 Å². The Morgan fingerprint density at radius 1 is 0.444 bits per heavy atom. The van der Waals surface area contributed by atoms with E-state index in [0.717, 1.165) is 38.3 Å². The van der Waals surface area contributed by atoms with Crippen LogP contribution < -0.4 is 22.2 Å². The molecule has 0 aliphatic carbocycles. The van der Waals surface area contributed by atoms with Crippen LogP contribution in [-0.4, -0.2) is 9.13 Å². The molecular weight excluding hydrogens is 533 g/mol. The monoisotopic (exact) mass is 554 g/mol. The van der Waals surface area contributed by atoms with Gasteiger partial charge < -0.3 is 0 Å². The van der Waals surface area contributed by atoms with Crippen LogP contribution in [0.1, 0.15) is 19.5 Å². The molecule has 6 nitrogen and oxygen atoms in total. The number of hydrogen-bond acceptors (Lipinski definition) is 8. The maximum absolute atomic E-state index is 12.2. The average molecular weight is 555 g/mol. The summed E-state index contributed by atoms with van der Waals surface area (Å²) in [6.45, 7) is 7.92. The third-order valence-corrected chi connectivity index (χ3v) is 10.5. The van der Waals surface area contributed by atoms with Crippen LogP contribution in [0.25, 0.3) is 40.3 Å². The predicted molar refractivity (Wildman–Crippen MR) is 156 cm³/mol. The molecule has 0 saturated heterocycles. The molecule has 0 spiro atoms. The van der Waals surface area contributed by atoms with Crippen LogP contribution in [0.4, 0.5) is 0 Å². The summed E-state index contributed by atoms with van der Waals surface area (Å²) in [7, 11) is 3.09. The van der Waals surface area contributed by atoms with E-state index in [1.807, 2.05) is 52.0 Å². The lowest BCUT2D eigenvalue weighted by Crippen LogP contribution is -2.26. The first kappa shape index (κ1) is 24.8. The fraction of sp³-hybridized carbons (Fsp3) is 0.231. The van der Waals surface area contributed by atoms with Crippen molar-refractivity contribution in [2.24, 2.45) is 14.1 Å². The van der Waals surface area contributed by atoms with Crippen LogP contribution in [-0.2, 0) is 14.1 Å². The number of fused-ring (bicyclic) bond motifs is 6. The summed E-state index contributed by atoms with van der Waals surface area (Å²) < 4.78 is 6.16. The first-order chi connectivity index (χ1) is 17.0. The van der Waals surface area contributed by atoms with Gasteiger partial charge in [-0.25, -0.2) is 0 Å². The van der Waals surface area contributed by atoms with Crippen molar-refractivity contribution in [1.29, 1.82) is 0 Å². The molecule has 0 aromatic carbocycles. The number of aromatic nitrogens is 2. The molecule has 0 radical (unpaired) electrons. The quantitative estimate of drug-likeness (QED) is 0.245. The molecule has 6 heterocycles. The van der Waals surface area contributed by atoms with Gasteiger partial charge in [-0.2, -0.15) is 0 Å². The lowest BCUT2D eigenvalue weighted by molar-refractivity contribution is 0.845. The zero-order valence-electron chi connectivity index (χ0n) is 20.5. The summed E-state index contributed by atoms with van der Waals surface area (Å²) in [6, 6.07) is 7.49. The van der Waals surface area contributed by atoms with Crippen molar-refractivity contribution in [2.75, 3.05) is 0 Å². The summed E-state index contributed by atoms with van der Waals surface area (Å²) in [4.78, 5) is 53.3. The second kappa shape index (κ2) is 8.88. The van der Waals surface area contributed by atoms with Gasteiger partial charge in [0.05, 0.1) is 40.3 Å². The van der Waals surface area contributed by atoms with Crippen molar-refractivity contribution >= 4 is 85.7 Å². The van der Waals surface area contributed by atoms with Gasteiger partial charge in [0.1, 0.15) is 0 Å². The van der Waals surface area contributed by atoms with E-state index >= 15 is 0 Å². The number of aryl methyl sites for hydroxylation is 4. The largest absolute Gasteiger partial charge is 0.277 e. The minimum Gasteiger partial charge on any atom is -0.277 e. The summed E-state index contributed by atoms with van der Waals surface area (Å²) in [5, 5.41) is 2.59. The minimum atomic E-state index is -0.208. The van der Waals surface area contributed by atoms with E-state index in [9.17, 15) is 19.2 Å². The Labute approximate surface area is 220 Å². The highest BCUT2D eigenvalue weighted by Gasteiger charge is 2.14. The summed E-state index contributed by atoms with van der Waals surface area (Å²) in [6.07, 6.45) is 0. The van der Waals surface area contributed by atoms with Gasteiger partial charge in [-0.1, -0.05) is 0 Å². The molecule has 6 aromatic rings.